The van der Waals surface area contributed by atoms with Gasteiger partial charge in [0.15, 0.2) is 0 Å². The summed E-state index contributed by atoms with van der Waals surface area (Å²) in [6.45, 7) is 6.35. The molecule has 1 aromatic heterocycles. The fourth-order valence-corrected chi connectivity index (χ4v) is 2.27. The second kappa shape index (κ2) is 6.22. The molecule has 0 aliphatic carbocycles. The highest BCUT2D eigenvalue weighted by Crippen LogP contribution is 2.20. The van der Waals surface area contributed by atoms with E-state index in [1.54, 1.807) is 6.07 Å². The Morgan fingerprint density at radius 2 is 1.95 bits per heavy atom. The van der Waals surface area contributed by atoms with Crippen molar-refractivity contribution in [3.63, 3.8) is 0 Å². The Morgan fingerprint density at radius 3 is 2.52 bits per heavy atom. The Hall–Kier alpha value is -1.94. The SMILES string of the molecule is CCn1nc(-c2ccc(C)c(C)c2)cc(CC(=O)Cl)c1=O. The van der Waals surface area contributed by atoms with Crippen LogP contribution in [0, 0.1) is 13.8 Å². The molecule has 0 atom stereocenters. The van der Waals surface area contributed by atoms with Gasteiger partial charge >= 0.3 is 0 Å². The monoisotopic (exact) mass is 304 g/mol. The van der Waals surface area contributed by atoms with Gasteiger partial charge in [-0.3, -0.25) is 9.59 Å². The summed E-state index contributed by atoms with van der Waals surface area (Å²) in [5.41, 5.74) is 4.05. The number of benzene rings is 1. The molecule has 0 aliphatic rings. The minimum absolute atomic E-state index is 0.0826. The molecule has 2 rings (SSSR count). The standard InChI is InChI=1S/C16H17ClN2O2/c1-4-19-16(21)13(9-15(17)20)8-14(18-19)12-6-5-10(2)11(3)7-12/h5-8H,4,9H2,1-3H3. The van der Waals surface area contributed by atoms with Crippen LogP contribution in [0.5, 0.6) is 0 Å². The lowest BCUT2D eigenvalue weighted by Gasteiger charge is -2.09. The number of nitrogens with zero attached hydrogens (tertiary/aromatic N) is 2. The normalized spacial score (nSPS) is 10.7. The van der Waals surface area contributed by atoms with Crippen LogP contribution in [0.1, 0.15) is 23.6 Å². The molecule has 0 fully saturated rings. The smallest absolute Gasteiger partial charge is 0.270 e. The third-order valence-corrected chi connectivity index (χ3v) is 3.61. The molecule has 0 aliphatic heterocycles. The highest BCUT2D eigenvalue weighted by molar-refractivity contribution is 6.63. The van der Waals surface area contributed by atoms with Gasteiger partial charge < -0.3 is 0 Å². The van der Waals surface area contributed by atoms with E-state index in [4.69, 9.17) is 11.6 Å². The molecular weight excluding hydrogens is 288 g/mol. The van der Waals surface area contributed by atoms with Crippen molar-refractivity contribution >= 4 is 16.8 Å². The van der Waals surface area contributed by atoms with Crippen LogP contribution in [-0.4, -0.2) is 15.0 Å². The summed E-state index contributed by atoms with van der Waals surface area (Å²) >= 11 is 5.42. The van der Waals surface area contributed by atoms with Gasteiger partial charge in [-0.1, -0.05) is 12.1 Å². The third-order valence-electron chi connectivity index (χ3n) is 3.48. The maximum Gasteiger partial charge on any atom is 0.270 e. The fraction of sp³-hybridized carbons (Fsp3) is 0.312. The first-order valence-corrected chi connectivity index (χ1v) is 7.17. The van der Waals surface area contributed by atoms with E-state index in [9.17, 15) is 9.59 Å². The van der Waals surface area contributed by atoms with Crippen LogP contribution in [0.3, 0.4) is 0 Å². The zero-order valence-corrected chi connectivity index (χ0v) is 13.1. The van der Waals surface area contributed by atoms with Crippen LogP contribution in [0.2, 0.25) is 0 Å². The summed E-state index contributed by atoms with van der Waals surface area (Å²) in [5, 5.41) is 3.80. The first-order chi connectivity index (χ1) is 9.92. The molecule has 0 saturated carbocycles. The van der Waals surface area contributed by atoms with Gasteiger partial charge in [-0.15, -0.1) is 0 Å². The summed E-state index contributed by atoms with van der Waals surface area (Å²) < 4.78 is 1.36. The van der Waals surface area contributed by atoms with Crippen molar-refractivity contribution in [1.29, 1.82) is 0 Å². The Bertz CT molecular complexity index is 750. The third kappa shape index (κ3) is 3.39. The molecule has 0 radical (unpaired) electrons. The van der Waals surface area contributed by atoms with Crippen molar-refractivity contribution in [2.75, 3.05) is 0 Å². The van der Waals surface area contributed by atoms with E-state index in [1.165, 1.54) is 10.2 Å². The molecule has 21 heavy (non-hydrogen) atoms. The minimum atomic E-state index is -0.549. The molecule has 1 heterocycles. The lowest BCUT2D eigenvalue weighted by atomic mass is 10.0. The van der Waals surface area contributed by atoms with Crippen molar-refractivity contribution in [1.82, 2.24) is 9.78 Å². The number of hydrogen-bond acceptors (Lipinski definition) is 3. The van der Waals surface area contributed by atoms with Crippen molar-refractivity contribution < 1.29 is 4.79 Å². The Balaban J connectivity index is 2.60. The molecule has 5 heteroatoms. The van der Waals surface area contributed by atoms with Crippen LogP contribution in [-0.2, 0) is 17.8 Å². The van der Waals surface area contributed by atoms with E-state index in [-0.39, 0.29) is 12.0 Å². The maximum atomic E-state index is 12.1. The fourth-order valence-electron chi connectivity index (χ4n) is 2.13. The quantitative estimate of drug-likeness (QED) is 0.816. The number of rotatable bonds is 4. The summed E-state index contributed by atoms with van der Waals surface area (Å²) in [7, 11) is 0. The second-order valence-electron chi connectivity index (χ2n) is 5.01. The van der Waals surface area contributed by atoms with Gasteiger partial charge in [0.2, 0.25) is 5.24 Å². The maximum absolute atomic E-state index is 12.1. The predicted octanol–water partition coefficient (Wildman–Crippen LogP) is 2.85. The van der Waals surface area contributed by atoms with E-state index in [1.807, 2.05) is 39.0 Å². The second-order valence-corrected chi connectivity index (χ2v) is 5.43. The van der Waals surface area contributed by atoms with Crippen molar-refractivity contribution in [2.45, 2.75) is 33.7 Å². The lowest BCUT2D eigenvalue weighted by Crippen LogP contribution is -2.26. The largest absolute Gasteiger partial charge is 0.281 e. The summed E-state index contributed by atoms with van der Waals surface area (Å²) in [6, 6.07) is 7.65. The Kier molecular flexibility index (Phi) is 4.58. The number of hydrogen-bond donors (Lipinski definition) is 0. The van der Waals surface area contributed by atoms with Crippen molar-refractivity contribution in [3.05, 3.63) is 51.3 Å². The summed E-state index contributed by atoms with van der Waals surface area (Å²) in [4.78, 5) is 23.2. The van der Waals surface area contributed by atoms with Crippen LogP contribution >= 0.6 is 11.6 Å². The van der Waals surface area contributed by atoms with E-state index < -0.39 is 5.24 Å². The highest BCUT2D eigenvalue weighted by Gasteiger charge is 2.12. The van der Waals surface area contributed by atoms with Gasteiger partial charge in [-0.2, -0.15) is 5.10 Å². The Labute approximate surface area is 128 Å². The number of aromatic nitrogens is 2. The van der Waals surface area contributed by atoms with Crippen LogP contribution in [0.4, 0.5) is 0 Å². The first-order valence-electron chi connectivity index (χ1n) is 6.79. The Morgan fingerprint density at radius 1 is 1.24 bits per heavy atom. The zero-order chi connectivity index (χ0) is 15.6. The summed E-state index contributed by atoms with van der Waals surface area (Å²) in [5.74, 6) is 0. The number of carbonyl (C=O) groups excluding carboxylic acids is 1. The molecule has 110 valence electrons. The average Bonchev–Trinajstić information content (AvgIpc) is 2.43. The molecule has 0 amide bonds. The van der Waals surface area contributed by atoms with Crippen LogP contribution in [0.15, 0.2) is 29.1 Å². The van der Waals surface area contributed by atoms with Gasteiger partial charge in [0, 0.05) is 17.7 Å². The molecule has 4 nitrogen and oxygen atoms in total. The van der Waals surface area contributed by atoms with Gasteiger partial charge in [0.05, 0.1) is 12.1 Å². The number of aryl methyl sites for hydroxylation is 3. The summed E-state index contributed by atoms with van der Waals surface area (Å²) in [6.07, 6.45) is -0.0826. The molecule has 0 unspecified atom stereocenters. The van der Waals surface area contributed by atoms with Crippen molar-refractivity contribution in [2.24, 2.45) is 0 Å². The van der Waals surface area contributed by atoms with Crippen LogP contribution in [0.25, 0.3) is 11.3 Å². The lowest BCUT2D eigenvalue weighted by molar-refractivity contribution is -0.111. The molecule has 0 saturated heterocycles. The zero-order valence-electron chi connectivity index (χ0n) is 12.3. The average molecular weight is 305 g/mol. The van der Waals surface area contributed by atoms with E-state index in [0.29, 0.717) is 17.8 Å². The van der Waals surface area contributed by atoms with Gasteiger partial charge in [-0.05, 0) is 55.6 Å². The van der Waals surface area contributed by atoms with Crippen molar-refractivity contribution in [3.8, 4) is 11.3 Å². The van der Waals surface area contributed by atoms with E-state index in [2.05, 4.69) is 5.10 Å². The van der Waals surface area contributed by atoms with Gasteiger partial charge in [0.25, 0.3) is 5.56 Å². The molecule has 0 N–H and O–H groups in total. The topological polar surface area (TPSA) is 52.0 Å². The molecule has 1 aromatic carbocycles. The first kappa shape index (κ1) is 15.4. The van der Waals surface area contributed by atoms with Crippen LogP contribution < -0.4 is 5.56 Å². The molecule has 2 aromatic rings. The molecule has 0 bridgehead atoms. The predicted molar refractivity (Wildman–Crippen MR) is 83.6 cm³/mol. The van der Waals surface area contributed by atoms with E-state index in [0.717, 1.165) is 11.1 Å². The molecular formula is C16H17ClN2O2. The molecule has 0 spiro atoms. The van der Waals surface area contributed by atoms with E-state index >= 15 is 0 Å². The highest BCUT2D eigenvalue weighted by atomic mass is 35.5. The van der Waals surface area contributed by atoms with Gasteiger partial charge in [-0.25, -0.2) is 4.68 Å². The number of halogens is 1. The minimum Gasteiger partial charge on any atom is -0.281 e. The number of carbonyl (C=O) groups is 1. The van der Waals surface area contributed by atoms with Gasteiger partial charge in [0.1, 0.15) is 0 Å².